The molecule has 1 aliphatic rings. The molecule has 4 rings (SSSR count). The molecule has 8 nitrogen and oxygen atoms in total. The number of hydrogen-bond donors (Lipinski definition) is 0. The molecule has 0 aromatic heterocycles. The van der Waals surface area contributed by atoms with E-state index in [1.807, 2.05) is 0 Å². The van der Waals surface area contributed by atoms with Crippen LogP contribution < -0.4 is 4.74 Å². The minimum atomic E-state index is -0.697. The summed E-state index contributed by atoms with van der Waals surface area (Å²) in [6, 6.07) is 19.1. The third-order valence-corrected chi connectivity index (χ3v) is 4.88. The number of halogens is 1. The molecule has 0 radical (unpaired) electrons. The molecule has 168 valence electrons. The van der Waals surface area contributed by atoms with Crippen LogP contribution in [0.4, 0.5) is 5.69 Å². The van der Waals surface area contributed by atoms with E-state index >= 15 is 0 Å². The maximum absolute atomic E-state index is 12.3. The fourth-order valence-corrected chi connectivity index (χ4v) is 3.14. The number of carbonyl (C=O) groups is 2. The van der Waals surface area contributed by atoms with E-state index in [2.05, 4.69) is 4.99 Å². The van der Waals surface area contributed by atoms with Crippen LogP contribution >= 0.6 is 11.6 Å². The Kier molecular flexibility index (Phi) is 6.61. The van der Waals surface area contributed by atoms with Gasteiger partial charge in [0.25, 0.3) is 5.69 Å². The topological polar surface area (TPSA) is 108 Å². The molecule has 3 aromatic carbocycles. The van der Waals surface area contributed by atoms with Gasteiger partial charge in [0.1, 0.15) is 5.75 Å². The number of rotatable bonds is 6. The van der Waals surface area contributed by atoms with Crippen LogP contribution in [-0.2, 0) is 14.3 Å². The quantitative estimate of drug-likeness (QED) is 0.159. The number of nitro benzene ring substituents is 1. The zero-order valence-electron chi connectivity index (χ0n) is 17.4. The molecule has 1 aliphatic heterocycles. The fourth-order valence-electron chi connectivity index (χ4n) is 3.01. The van der Waals surface area contributed by atoms with Gasteiger partial charge in [-0.25, -0.2) is 14.6 Å². The highest BCUT2D eigenvalue weighted by molar-refractivity contribution is 6.30. The van der Waals surface area contributed by atoms with Gasteiger partial charge in [-0.05, 0) is 48.0 Å². The molecule has 0 fully saturated rings. The predicted molar refractivity (Wildman–Crippen MR) is 126 cm³/mol. The van der Waals surface area contributed by atoms with Crippen molar-refractivity contribution in [2.75, 3.05) is 0 Å². The second-order valence-corrected chi connectivity index (χ2v) is 7.42. The van der Waals surface area contributed by atoms with Gasteiger partial charge >= 0.3 is 11.9 Å². The molecule has 0 atom stereocenters. The van der Waals surface area contributed by atoms with Crippen molar-refractivity contribution in [2.24, 2.45) is 4.99 Å². The van der Waals surface area contributed by atoms with Gasteiger partial charge in [0.05, 0.1) is 4.92 Å². The number of esters is 2. The lowest BCUT2D eigenvalue weighted by Gasteiger charge is -2.05. The van der Waals surface area contributed by atoms with Crippen LogP contribution in [-0.4, -0.2) is 22.8 Å². The van der Waals surface area contributed by atoms with E-state index < -0.39 is 16.9 Å². The summed E-state index contributed by atoms with van der Waals surface area (Å²) >= 11 is 5.89. The van der Waals surface area contributed by atoms with E-state index in [9.17, 15) is 19.7 Å². The fraction of sp³-hybridized carbons (Fsp3) is 0. The molecule has 0 saturated carbocycles. The number of non-ortho nitro benzene ring substituents is 1. The summed E-state index contributed by atoms with van der Waals surface area (Å²) in [5.41, 5.74) is 1.45. The second-order valence-electron chi connectivity index (χ2n) is 6.99. The van der Waals surface area contributed by atoms with Gasteiger partial charge in [-0.2, -0.15) is 0 Å². The lowest BCUT2D eigenvalue weighted by Crippen LogP contribution is -2.06. The van der Waals surface area contributed by atoms with Gasteiger partial charge in [-0.15, -0.1) is 0 Å². The molecule has 0 saturated heterocycles. The average Bonchev–Trinajstić information content (AvgIpc) is 3.19. The minimum Gasteiger partial charge on any atom is -0.423 e. The number of para-hydroxylation sites is 1. The highest BCUT2D eigenvalue weighted by atomic mass is 35.5. The number of cyclic esters (lactones) is 1. The predicted octanol–water partition coefficient (Wildman–Crippen LogP) is 5.21. The van der Waals surface area contributed by atoms with Crippen LogP contribution in [0.1, 0.15) is 16.7 Å². The maximum Gasteiger partial charge on any atom is 0.363 e. The summed E-state index contributed by atoms with van der Waals surface area (Å²) in [6.07, 6.45) is 4.02. The standard InChI is InChI=1S/C25H15ClN2O6/c26-19-11-9-17(10-12-19)24-27-21(25(30)34-24)15-18-5-1-2-7-22(18)33-23(29)13-8-16-4-3-6-20(14-16)28(31)32/h1-15H/b13-8+,21-15-. The molecule has 0 aliphatic carbocycles. The highest BCUT2D eigenvalue weighted by Crippen LogP contribution is 2.25. The van der Waals surface area contributed by atoms with Gasteiger partial charge in [0, 0.05) is 34.4 Å². The third kappa shape index (κ3) is 5.43. The Morgan fingerprint density at radius 2 is 1.82 bits per heavy atom. The van der Waals surface area contributed by atoms with Gasteiger partial charge in [0.2, 0.25) is 5.90 Å². The first-order chi connectivity index (χ1) is 16.4. The number of nitro groups is 1. The monoisotopic (exact) mass is 474 g/mol. The van der Waals surface area contributed by atoms with Crippen molar-refractivity contribution in [2.45, 2.75) is 0 Å². The molecule has 0 N–H and O–H groups in total. The van der Waals surface area contributed by atoms with Gasteiger partial charge in [-0.1, -0.05) is 41.9 Å². The number of carbonyl (C=O) groups excluding carboxylic acids is 2. The molecule has 34 heavy (non-hydrogen) atoms. The molecular formula is C25H15ClN2O6. The summed E-state index contributed by atoms with van der Waals surface area (Å²) in [5.74, 6) is -0.998. The number of aliphatic imine (C=N–C) groups is 1. The van der Waals surface area contributed by atoms with Crippen molar-refractivity contribution >= 4 is 47.3 Å². The first-order valence-electron chi connectivity index (χ1n) is 9.91. The lowest BCUT2D eigenvalue weighted by molar-refractivity contribution is -0.384. The van der Waals surface area contributed by atoms with Gasteiger partial charge in [0.15, 0.2) is 5.70 Å². The molecule has 0 spiro atoms. The van der Waals surface area contributed by atoms with Gasteiger partial charge < -0.3 is 9.47 Å². The van der Waals surface area contributed by atoms with E-state index in [0.29, 0.717) is 21.7 Å². The third-order valence-electron chi connectivity index (χ3n) is 4.63. The number of benzene rings is 3. The second kappa shape index (κ2) is 9.93. The zero-order chi connectivity index (χ0) is 24.1. The first kappa shape index (κ1) is 22.6. The number of hydrogen-bond acceptors (Lipinski definition) is 7. The molecule has 0 bridgehead atoms. The maximum atomic E-state index is 12.3. The van der Waals surface area contributed by atoms with Crippen molar-refractivity contribution < 1.29 is 24.0 Å². The number of nitrogens with zero attached hydrogens (tertiary/aromatic N) is 2. The van der Waals surface area contributed by atoms with E-state index in [1.54, 1.807) is 54.6 Å². The van der Waals surface area contributed by atoms with Crippen molar-refractivity contribution in [3.63, 3.8) is 0 Å². The van der Waals surface area contributed by atoms with E-state index in [4.69, 9.17) is 21.1 Å². The van der Waals surface area contributed by atoms with Crippen LogP contribution in [0, 0.1) is 10.1 Å². The summed E-state index contributed by atoms with van der Waals surface area (Å²) in [4.78, 5) is 39.2. The first-order valence-corrected chi connectivity index (χ1v) is 10.3. The Morgan fingerprint density at radius 3 is 2.59 bits per heavy atom. The number of ether oxygens (including phenoxy) is 2. The highest BCUT2D eigenvalue weighted by Gasteiger charge is 2.24. The molecule has 3 aromatic rings. The van der Waals surface area contributed by atoms with Crippen LogP contribution in [0.25, 0.3) is 12.2 Å². The molecule has 9 heteroatoms. The van der Waals surface area contributed by atoms with E-state index in [1.165, 1.54) is 30.4 Å². The van der Waals surface area contributed by atoms with E-state index in [-0.39, 0.29) is 23.0 Å². The van der Waals surface area contributed by atoms with Crippen molar-refractivity contribution in [1.29, 1.82) is 0 Å². The summed E-state index contributed by atoms with van der Waals surface area (Å²) in [5, 5.41) is 11.4. The largest absolute Gasteiger partial charge is 0.423 e. The molecular weight excluding hydrogens is 460 g/mol. The van der Waals surface area contributed by atoms with Crippen molar-refractivity contribution in [3.8, 4) is 5.75 Å². The lowest BCUT2D eigenvalue weighted by atomic mass is 10.1. The van der Waals surface area contributed by atoms with Crippen molar-refractivity contribution in [1.82, 2.24) is 0 Å². The Morgan fingerprint density at radius 1 is 1.06 bits per heavy atom. The molecule has 1 heterocycles. The summed E-state index contributed by atoms with van der Waals surface area (Å²) < 4.78 is 10.6. The zero-order valence-corrected chi connectivity index (χ0v) is 18.1. The molecule has 0 unspecified atom stereocenters. The Labute approximate surface area is 198 Å². The normalized spacial score (nSPS) is 14.2. The Bertz CT molecular complexity index is 1380. The van der Waals surface area contributed by atoms with Crippen LogP contribution in [0.15, 0.2) is 89.6 Å². The molecule has 0 amide bonds. The Balaban J connectivity index is 1.53. The van der Waals surface area contributed by atoms with Crippen LogP contribution in [0.2, 0.25) is 5.02 Å². The van der Waals surface area contributed by atoms with Crippen LogP contribution in [0.3, 0.4) is 0 Å². The smallest absolute Gasteiger partial charge is 0.363 e. The van der Waals surface area contributed by atoms with Crippen LogP contribution in [0.5, 0.6) is 5.75 Å². The minimum absolute atomic E-state index is 0.0422. The SMILES string of the molecule is O=C(/C=C/c1cccc([N+](=O)[O-])c1)Oc1ccccc1/C=C1\N=C(c2ccc(Cl)cc2)OC1=O. The summed E-state index contributed by atoms with van der Waals surface area (Å²) in [6.45, 7) is 0. The summed E-state index contributed by atoms with van der Waals surface area (Å²) in [7, 11) is 0. The average molecular weight is 475 g/mol. The van der Waals surface area contributed by atoms with Crippen molar-refractivity contribution in [3.05, 3.63) is 116 Å². The van der Waals surface area contributed by atoms with Gasteiger partial charge in [-0.3, -0.25) is 10.1 Å². The van der Waals surface area contributed by atoms with E-state index in [0.717, 1.165) is 6.08 Å². The Hall–Kier alpha value is -4.56.